The lowest BCUT2D eigenvalue weighted by molar-refractivity contribution is 0.0952. The number of carbonyl (C=O) groups excluding carboxylic acids is 1. The van der Waals surface area contributed by atoms with Gasteiger partial charge in [0.1, 0.15) is 0 Å². The Balaban J connectivity index is 2.35. The number of unbranched alkanes of at least 4 members (excludes halogenated alkanes) is 5. The minimum Gasteiger partial charge on any atom is -0.493 e. The minimum absolute atomic E-state index is 0.0653. The van der Waals surface area contributed by atoms with E-state index in [0.717, 1.165) is 13.0 Å². The molecule has 0 aromatic heterocycles. The normalized spacial score (nSPS) is 10.2. The van der Waals surface area contributed by atoms with Gasteiger partial charge in [0.05, 0.1) is 14.2 Å². The molecule has 0 atom stereocenters. The van der Waals surface area contributed by atoms with Crippen molar-refractivity contribution in [2.24, 2.45) is 0 Å². The Kier molecular flexibility index (Phi) is 8.32. The molecule has 0 aliphatic rings. The summed E-state index contributed by atoms with van der Waals surface area (Å²) in [4.78, 5) is 12.0. The average Bonchev–Trinajstić information content (AvgIpc) is 2.53. The van der Waals surface area contributed by atoms with Gasteiger partial charge in [0.25, 0.3) is 5.91 Å². The second-order valence-electron chi connectivity index (χ2n) is 5.09. The van der Waals surface area contributed by atoms with Crippen LogP contribution in [0.1, 0.15) is 55.8 Å². The van der Waals surface area contributed by atoms with E-state index in [1.165, 1.54) is 32.1 Å². The molecule has 0 heterocycles. The Labute approximate surface area is 127 Å². The first-order chi connectivity index (χ1) is 10.2. The number of amides is 1. The van der Waals surface area contributed by atoms with Crippen LogP contribution in [-0.4, -0.2) is 26.7 Å². The quantitative estimate of drug-likeness (QED) is 0.668. The van der Waals surface area contributed by atoms with Crippen molar-refractivity contribution in [3.63, 3.8) is 0 Å². The van der Waals surface area contributed by atoms with Crippen LogP contribution in [-0.2, 0) is 0 Å². The number of benzene rings is 1. The van der Waals surface area contributed by atoms with Crippen LogP contribution in [0, 0.1) is 0 Å². The maximum absolute atomic E-state index is 12.0. The zero-order valence-corrected chi connectivity index (χ0v) is 13.4. The molecule has 0 aliphatic carbocycles. The Morgan fingerprint density at radius 1 is 1.00 bits per heavy atom. The second-order valence-corrected chi connectivity index (χ2v) is 5.09. The van der Waals surface area contributed by atoms with Crippen LogP contribution in [0.15, 0.2) is 18.2 Å². The lowest BCUT2D eigenvalue weighted by Crippen LogP contribution is -2.24. The number of ether oxygens (including phenoxy) is 2. The summed E-state index contributed by atoms with van der Waals surface area (Å²) >= 11 is 0. The van der Waals surface area contributed by atoms with Gasteiger partial charge in [-0.15, -0.1) is 0 Å². The Hall–Kier alpha value is -1.71. The van der Waals surface area contributed by atoms with Crippen molar-refractivity contribution in [3.05, 3.63) is 23.8 Å². The topological polar surface area (TPSA) is 47.6 Å². The smallest absolute Gasteiger partial charge is 0.251 e. The molecule has 1 aromatic carbocycles. The third-order valence-corrected chi connectivity index (χ3v) is 3.46. The monoisotopic (exact) mass is 293 g/mol. The van der Waals surface area contributed by atoms with Gasteiger partial charge in [-0.3, -0.25) is 4.79 Å². The molecule has 4 heteroatoms. The van der Waals surface area contributed by atoms with Gasteiger partial charge in [-0.1, -0.05) is 39.0 Å². The molecule has 0 aliphatic heterocycles. The Bertz CT molecular complexity index is 432. The highest BCUT2D eigenvalue weighted by atomic mass is 16.5. The first kappa shape index (κ1) is 17.3. The van der Waals surface area contributed by atoms with Crippen LogP contribution in [0.3, 0.4) is 0 Å². The van der Waals surface area contributed by atoms with Gasteiger partial charge in [-0.2, -0.15) is 0 Å². The molecule has 0 radical (unpaired) electrons. The highest BCUT2D eigenvalue weighted by Gasteiger charge is 2.09. The number of nitrogens with one attached hydrogen (secondary N) is 1. The highest BCUT2D eigenvalue weighted by Crippen LogP contribution is 2.27. The van der Waals surface area contributed by atoms with Crippen LogP contribution < -0.4 is 14.8 Å². The molecule has 4 nitrogen and oxygen atoms in total. The maximum Gasteiger partial charge on any atom is 0.251 e. The van der Waals surface area contributed by atoms with Gasteiger partial charge >= 0.3 is 0 Å². The fourth-order valence-electron chi connectivity index (χ4n) is 2.19. The summed E-state index contributed by atoms with van der Waals surface area (Å²) in [5, 5.41) is 2.94. The van der Waals surface area contributed by atoms with E-state index in [9.17, 15) is 4.79 Å². The number of rotatable bonds is 10. The number of methoxy groups -OCH3 is 2. The predicted molar refractivity (Wildman–Crippen MR) is 85.3 cm³/mol. The minimum atomic E-state index is -0.0653. The lowest BCUT2D eigenvalue weighted by atomic mass is 10.1. The summed E-state index contributed by atoms with van der Waals surface area (Å²) < 4.78 is 10.4. The van der Waals surface area contributed by atoms with Gasteiger partial charge in [0, 0.05) is 12.1 Å². The molecule has 1 amide bonds. The van der Waals surface area contributed by atoms with E-state index in [1.54, 1.807) is 32.4 Å². The summed E-state index contributed by atoms with van der Waals surface area (Å²) in [5.41, 5.74) is 0.596. The molecular formula is C17H27NO3. The van der Waals surface area contributed by atoms with Gasteiger partial charge in [-0.05, 0) is 24.6 Å². The summed E-state index contributed by atoms with van der Waals surface area (Å²) in [6.45, 7) is 2.93. The first-order valence-electron chi connectivity index (χ1n) is 7.73. The van der Waals surface area contributed by atoms with Crippen molar-refractivity contribution in [2.75, 3.05) is 20.8 Å². The number of carbonyl (C=O) groups is 1. The van der Waals surface area contributed by atoms with Crippen molar-refractivity contribution in [1.82, 2.24) is 5.32 Å². The summed E-state index contributed by atoms with van der Waals surface area (Å²) in [6, 6.07) is 5.20. The van der Waals surface area contributed by atoms with Crippen LogP contribution in [0.2, 0.25) is 0 Å². The third kappa shape index (κ3) is 6.06. The molecule has 0 bridgehead atoms. The van der Waals surface area contributed by atoms with Gasteiger partial charge in [0.15, 0.2) is 11.5 Å². The van der Waals surface area contributed by atoms with Gasteiger partial charge in [0.2, 0.25) is 0 Å². The van der Waals surface area contributed by atoms with E-state index in [4.69, 9.17) is 9.47 Å². The summed E-state index contributed by atoms with van der Waals surface area (Å²) in [5.74, 6) is 1.14. The molecule has 0 unspecified atom stereocenters. The van der Waals surface area contributed by atoms with Crippen LogP contribution in [0.5, 0.6) is 11.5 Å². The van der Waals surface area contributed by atoms with Crippen molar-refractivity contribution < 1.29 is 14.3 Å². The fourth-order valence-corrected chi connectivity index (χ4v) is 2.19. The zero-order valence-electron chi connectivity index (χ0n) is 13.4. The number of hydrogen-bond donors (Lipinski definition) is 1. The molecule has 0 saturated heterocycles. The molecule has 21 heavy (non-hydrogen) atoms. The maximum atomic E-state index is 12.0. The van der Waals surface area contributed by atoms with E-state index in [2.05, 4.69) is 12.2 Å². The van der Waals surface area contributed by atoms with Crippen molar-refractivity contribution in [3.8, 4) is 11.5 Å². The molecule has 118 valence electrons. The molecule has 1 aromatic rings. The lowest BCUT2D eigenvalue weighted by Gasteiger charge is -2.10. The fraction of sp³-hybridized carbons (Fsp3) is 0.588. The van der Waals surface area contributed by atoms with Crippen LogP contribution >= 0.6 is 0 Å². The van der Waals surface area contributed by atoms with E-state index in [0.29, 0.717) is 17.1 Å². The summed E-state index contributed by atoms with van der Waals surface area (Å²) in [6.07, 6.45) is 7.31. The van der Waals surface area contributed by atoms with Crippen LogP contribution in [0.4, 0.5) is 0 Å². The standard InChI is InChI=1S/C17H27NO3/c1-4-5-6-7-8-9-12-18-17(19)14-10-11-15(20-2)16(13-14)21-3/h10-11,13H,4-9,12H2,1-3H3,(H,18,19). The molecular weight excluding hydrogens is 266 g/mol. The van der Waals surface area contributed by atoms with Gasteiger partial charge in [-0.25, -0.2) is 0 Å². The predicted octanol–water partition coefficient (Wildman–Crippen LogP) is 3.79. The molecule has 1 rings (SSSR count). The molecule has 0 saturated carbocycles. The third-order valence-electron chi connectivity index (χ3n) is 3.46. The first-order valence-corrected chi connectivity index (χ1v) is 7.73. The SMILES string of the molecule is CCCCCCCCNC(=O)c1ccc(OC)c(OC)c1. The van der Waals surface area contributed by atoms with Crippen LogP contribution in [0.25, 0.3) is 0 Å². The Morgan fingerprint density at radius 2 is 1.67 bits per heavy atom. The van der Waals surface area contributed by atoms with E-state index in [-0.39, 0.29) is 5.91 Å². The number of hydrogen-bond acceptors (Lipinski definition) is 3. The van der Waals surface area contributed by atoms with E-state index in [1.807, 2.05) is 0 Å². The molecule has 0 spiro atoms. The van der Waals surface area contributed by atoms with Crippen molar-refractivity contribution in [1.29, 1.82) is 0 Å². The van der Waals surface area contributed by atoms with Crippen molar-refractivity contribution in [2.45, 2.75) is 45.4 Å². The van der Waals surface area contributed by atoms with E-state index >= 15 is 0 Å². The largest absolute Gasteiger partial charge is 0.493 e. The highest BCUT2D eigenvalue weighted by molar-refractivity contribution is 5.94. The van der Waals surface area contributed by atoms with Gasteiger partial charge < -0.3 is 14.8 Å². The molecule has 0 fully saturated rings. The Morgan fingerprint density at radius 3 is 2.33 bits per heavy atom. The van der Waals surface area contributed by atoms with Crippen molar-refractivity contribution >= 4 is 5.91 Å². The average molecular weight is 293 g/mol. The van der Waals surface area contributed by atoms with E-state index < -0.39 is 0 Å². The second kappa shape index (κ2) is 10.1. The zero-order chi connectivity index (χ0) is 15.5. The molecule has 1 N–H and O–H groups in total. The summed E-state index contributed by atoms with van der Waals surface area (Å²) in [7, 11) is 3.14.